The number of nitrogens with one attached hydrogen (secondary N) is 1. The quantitative estimate of drug-likeness (QED) is 0.334. The number of halogens is 1. The van der Waals surface area contributed by atoms with Crippen LogP contribution in [0.3, 0.4) is 0 Å². The average Bonchev–Trinajstić information content (AvgIpc) is 3.33. The Morgan fingerprint density at radius 2 is 1.84 bits per heavy atom. The van der Waals surface area contributed by atoms with Crippen LogP contribution in [0.25, 0.3) is 10.2 Å². The Morgan fingerprint density at radius 1 is 1.09 bits per heavy atom. The van der Waals surface area contributed by atoms with Gasteiger partial charge < -0.3 is 4.42 Å². The number of nitrogens with zero attached hydrogens (tertiary/aromatic N) is 3. The second-order valence-electron chi connectivity index (χ2n) is 6.74. The molecular weight excluding hydrogens is 542 g/mol. The van der Waals surface area contributed by atoms with E-state index >= 15 is 0 Å². The molecule has 0 saturated heterocycles. The van der Waals surface area contributed by atoms with Gasteiger partial charge >= 0.3 is 0 Å². The first-order valence-corrected chi connectivity index (χ1v) is 13.9. The van der Waals surface area contributed by atoms with Gasteiger partial charge in [0.2, 0.25) is 11.8 Å². The van der Waals surface area contributed by atoms with Crippen LogP contribution < -0.4 is 9.86 Å². The average molecular weight is 558 g/mol. The van der Waals surface area contributed by atoms with Crippen LogP contribution in [0.1, 0.15) is 27.6 Å². The SMILES string of the molecule is NS(=O)(=O)NCc1nnc(C(c2nc3ccc(Br)cc3s2)S(=O)(=O)Cc2ccccc2)o1. The van der Waals surface area contributed by atoms with Crippen molar-refractivity contribution in [1.82, 2.24) is 19.9 Å². The van der Waals surface area contributed by atoms with Gasteiger partial charge in [-0.05, 0) is 23.8 Å². The van der Waals surface area contributed by atoms with Gasteiger partial charge in [-0.2, -0.15) is 13.1 Å². The first-order valence-electron chi connectivity index (χ1n) is 9.02. The third-order valence-electron chi connectivity index (χ3n) is 4.29. The van der Waals surface area contributed by atoms with E-state index < -0.39 is 25.3 Å². The summed E-state index contributed by atoms with van der Waals surface area (Å²) in [5.74, 6) is -0.603. The van der Waals surface area contributed by atoms with Crippen LogP contribution in [0, 0.1) is 0 Å². The lowest BCUT2D eigenvalue weighted by molar-refractivity contribution is 0.443. The van der Waals surface area contributed by atoms with Crippen LogP contribution in [-0.4, -0.2) is 32.0 Å². The van der Waals surface area contributed by atoms with Gasteiger partial charge in [-0.25, -0.2) is 18.5 Å². The smallest absolute Gasteiger partial charge is 0.274 e. The molecule has 2 heterocycles. The van der Waals surface area contributed by atoms with Gasteiger partial charge in [-0.15, -0.1) is 21.5 Å². The summed E-state index contributed by atoms with van der Waals surface area (Å²) in [6.07, 6.45) is 0. The molecule has 0 fully saturated rings. The van der Waals surface area contributed by atoms with Gasteiger partial charge in [0.15, 0.2) is 15.1 Å². The minimum absolute atomic E-state index is 0.127. The van der Waals surface area contributed by atoms with Crippen molar-refractivity contribution in [3.05, 3.63) is 75.4 Å². The molecule has 4 aromatic rings. The lowest BCUT2D eigenvalue weighted by Gasteiger charge is -2.12. The highest BCUT2D eigenvalue weighted by Crippen LogP contribution is 2.37. The molecular formula is C18H16BrN5O5S3. The van der Waals surface area contributed by atoms with Crippen LogP contribution in [0.2, 0.25) is 0 Å². The lowest BCUT2D eigenvalue weighted by Crippen LogP contribution is -2.30. The number of nitrogens with two attached hydrogens (primary N) is 1. The Balaban J connectivity index is 1.76. The minimum Gasteiger partial charge on any atom is -0.422 e. The van der Waals surface area contributed by atoms with Gasteiger partial charge in [0.25, 0.3) is 10.2 Å². The lowest BCUT2D eigenvalue weighted by atomic mass is 10.2. The topological polar surface area (TPSA) is 158 Å². The second kappa shape index (κ2) is 8.96. The number of hydrogen-bond donors (Lipinski definition) is 2. The predicted molar refractivity (Wildman–Crippen MR) is 122 cm³/mol. The fourth-order valence-electron chi connectivity index (χ4n) is 2.94. The van der Waals surface area contributed by atoms with E-state index in [9.17, 15) is 16.8 Å². The van der Waals surface area contributed by atoms with Crippen LogP contribution in [0.4, 0.5) is 0 Å². The van der Waals surface area contributed by atoms with E-state index in [1.807, 2.05) is 16.9 Å². The summed E-state index contributed by atoms with van der Waals surface area (Å²) in [6.45, 7) is -0.371. The monoisotopic (exact) mass is 557 g/mol. The van der Waals surface area contributed by atoms with Crippen molar-refractivity contribution in [3.8, 4) is 0 Å². The molecule has 2 aromatic carbocycles. The molecule has 3 N–H and O–H groups in total. The number of hydrogen-bond acceptors (Lipinski definition) is 9. The van der Waals surface area contributed by atoms with E-state index in [0.717, 1.165) is 9.17 Å². The Bertz CT molecular complexity index is 1470. The maximum absolute atomic E-state index is 13.5. The maximum Gasteiger partial charge on any atom is 0.274 e. The molecule has 0 amide bonds. The molecule has 1 unspecified atom stereocenters. The Hall–Kier alpha value is -2.23. The number of fused-ring (bicyclic) bond motifs is 1. The fourth-order valence-corrected chi connectivity index (χ4v) is 6.93. The van der Waals surface area contributed by atoms with Gasteiger partial charge in [-0.1, -0.05) is 46.3 Å². The Morgan fingerprint density at radius 3 is 2.56 bits per heavy atom. The largest absolute Gasteiger partial charge is 0.422 e. The molecule has 1 atom stereocenters. The summed E-state index contributed by atoms with van der Waals surface area (Å²) in [5.41, 5.74) is 1.22. The molecule has 32 heavy (non-hydrogen) atoms. The summed E-state index contributed by atoms with van der Waals surface area (Å²) in [7, 11) is -7.88. The molecule has 0 aliphatic rings. The summed E-state index contributed by atoms with van der Waals surface area (Å²) in [4.78, 5) is 4.49. The summed E-state index contributed by atoms with van der Waals surface area (Å²) >= 11 is 4.60. The van der Waals surface area contributed by atoms with Gasteiger partial charge in [0.1, 0.15) is 5.01 Å². The number of rotatable bonds is 8. The first kappa shape index (κ1) is 22.9. The number of aromatic nitrogens is 3. The summed E-state index contributed by atoms with van der Waals surface area (Å²) in [6, 6.07) is 14.1. The first-order chi connectivity index (χ1) is 15.1. The molecule has 4 rings (SSSR count). The van der Waals surface area contributed by atoms with Crippen LogP contribution in [-0.2, 0) is 32.3 Å². The molecule has 14 heteroatoms. The van der Waals surface area contributed by atoms with E-state index in [2.05, 4.69) is 31.1 Å². The van der Waals surface area contributed by atoms with Gasteiger partial charge in [0.05, 0.1) is 22.5 Å². The molecule has 2 aromatic heterocycles. The van der Waals surface area contributed by atoms with Gasteiger partial charge in [-0.3, -0.25) is 0 Å². The van der Waals surface area contributed by atoms with Crippen molar-refractivity contribution in [2.24, 2.45) is 5.14 Å². The zero-order valence-electron chi connectivity index (χ0n) is 16.2. The van der Waals surface area contributed by atoms with Crippen molar-refractivity contribution >= 4 is 57.5 Å². The highest BCUT2D eigenvalue weighted by atomic mass is 79.9. The standard InChI is InChI=1S/C18H16BrN5O5S3/c19-12-6-7-13-14(8-12)30-18(22-13)16(31(25,26)10-11-4-2-1-3-5-11)17-24-23-15(29-17)9-21-32(20,27)28/h1-8,16,21H,9-10H2,(H2,20,27,28). The van der Waals surface area contributed by atoms with E-state index in [4.69, 9.17) is 9.56 Å². The highest BCUT2D eigenvalue weighted by molar-refractivity contribution is 9.10. The summed E-state index contributed by atoms with van der Waals surface area (Å²) in [5, 5.41) is 11.5. The summed E-state index contributed by atoms with van der Waals surface area (Å²) < 4.78 is 58.3. The van der Waals surface area contributed by atoms with E-state index in [1.54, 1.807) is 36.4 Å². The second-order valence-corrected chi connectivity index (χ2v) is 12.2. The van der Waals surface area contributed by atoms with Crippen LogP contribution in [0.5, 0.6) is 0 Å². The van der Waals surface area contributed by atoms with Crippen molar-refractivity contribution < 1.29 is 21.3 Å². The Labute approximate surface area is 196 Å². The molecule has 0 bridgehead atoms. The van der Waals surface area contributed by atoms with Crippen molar-refractivity contribution in [3.63, 3.8) is 0 Å². The van der Waals surface area contributed by atoms with E-state index in [1.165, 1.54) is 11.3 Å². The molecule has 0 radical (unpaired) electrons. The fraction of sp³-hybridized carbons (Fsp3) is 0.167. The van der Waals surface area contributed by atoms with Gasteiger partial charge in [0, 0.05) is 4.47 Å². The predicted octanol–water partition coefficient (Wildman–Crippen LogP) is 2.44. The molecule has 0 saturated carbocycles. The normalized spacial score (nSPS) is 13.4. The van der Waals surface area contributed by atoms with Crippen molar-refractivity contribution in [1.29, 1.82) is 0 Å². The van der Waals surface area contributed by atoms with E-state index in [0.29, 0.717) is 11.1 Å². The molecule has 168 valence electrons. The number of thiazole rings is 1. The van der Waals surface area contributed by atoms with Crippen LogP contribution >= 0.6 is 27.3 Å². The number of benzene rings is 2. The molecule has 0 aliphatic heterocycles. The zero-order valence-corrected chi connectivity index (χ0v) is 20.2. The van der Waals surface area contributed by atoms with Crippen molar-refractivity contribution in [2.45, 2.75) is 17.5 Å². The number of sulfone groups is 1. The molecule has 0 spiro atoms. The third kappa shape index (κ3) is 5.39. The molecule has 10 nitrogen and oxygen atoms in total. The Kier molecular flexibility index (Phi) is 6.42. The van der Waals surface area contributed by atoms with E-state index in [-0.39, 0.29) is 29.1 Å². The third-order valence-corrected chi connectivity index (χ3v) is 8.44. The highest BCUT2D eigenvalue weighted by Gasteiger charge is 2.37. The molecule has 0 aliphatic carbocycles. The maximum atomic E-state index is 13.5. The van der Waals surface area contributed by atoms with Crippen molar-refractivity contribution in [2.75, 3.05) is 0 Å². The van der Waals surface area contributed by atoms with Crippen LogP contribution in [0.15, 0.2) is 57.4 Å². The minimum atomic E-state index is -3.99. The zero-order chi connectivity index (χ0) is 22.9.